The first-order valence-electron chi connectivity index (χ1n) is 23.2. The van der Waals surface area contributed by atoms with Crippen molar-refractivity contribution in [1.29, 1.82) is 0 Å². The molecule has 0 spiro atoms. The Hall–Kier alpha value is -6.88. The van der Waals surface area contributed by atoms with E-state index in [-0.39, 0.29) is 46.3 Å². The van der Waals surface area contributed by atoms with Gasteiger partial charge in [-0.15, -0.1) is 0 Å². The molecule has 8 heterocycles. The number of carbonyl (C=O) groups is 1. The molecule has 5 aromatic heterocycles. The third kappa shape index (κ3) is 6.08. The van der Waals surface area contributed by atoms with Crippen LogP contribution in [0.1, 0.15) is 116 Å². The lowest BCUT2D eigenvalue weighted by atomic mass is 9.83. The van der Waals surface area contributed by atoms with Gasteiger partial charge < -0.3 is 14.2 Å². The van der Waals surface area contributed by atoms with Gasteiger partial charge in [-0.05, 0) is 131 Å². The average Bonchev–Trinajstić information content (AvgIpc) is 3.97. The number of aromatic amines is 1. The van der Waals surface area contributed by atoms with Crippen LogP contribution in [-0.2, 0) is 23.7 Å². The van der Waals surface area contributed by atoms with Crippen LogP contribution in [0.4, 0.5) is 8.78 Å². The molecule has 5 atom stereocenters. The van der Waals surface area contributed by atoms with Gasteiger partial charge in [0.2, 0.25) is 0 Å². The fourth-order valence-electron chi connectivity index (χ4n) is 12.0. The molecule has 1 saturated carbocycles. The number of aromatic nitrogens is 9. The maximum atomic E-state index is 16.2. The molecule has 1 aliphatic carbocycles. The molecule has 2 bridgehead atoms. The van der Waals surface area contributed by atoms with Gasteiger partial charge >= 0.3 is 11.4 Å². The number of carbonyl (C=O) groups excluding carboxylic acids is 1. The van der Waals surface area contributed by atoms with Crippen LogP contribution in [0, 0.1) is 31.4 Å². The van der Waals surface area contributed by atoms with E-state index in [9.17, 15) is 9.59 Å². The van der Waals surface area contributed by atoms with E-state index in [0.29, 0.717) is 77.5 Å². The van der Waals surface area contributed by atoms with Gasteiger partial charge in [0.15, 0.2) is 11.6 Å². The molecule has 344 valence electrons. The lowest BCUT2D eigenvalue weighted by Gasteiger charge is -2.36. The molecule has 3 aliphatic heterocycles. The Bertz CT molecular complexity index is 3470. The van der Waals surface area contributed by atoms with Crippen LogP contribution in [0.15, 0.2) is 81.2 Å². The molecule has 67 heavy (non-hydrogen) atoms. The highest BCUT2D eigenvalue weighted by Crippen LogP contribution is 2.58. The number of nitrogens with zero attached hydrogens (tertiary/aromatic N) is 9. The zero-order chi connectivity index (χ0) is 46.4. The van der Waals surface area contributed by atoms with E-state index in [0.717, 1.165) is 35.9 Å². The number of amides is 1. The second kappa shape index (κ2) is 14.6. The van der Waals surface area contributed by atoms with Crippen molar-refractivity contribution in [3.63, 3.8) is 0 Å². The molecule has 1 amide bonds. The van der Waals surface area contributed by atoms with Crippen molar-refractivity contribution in [2.45, 2.75) is 109 Å². The van der Waals surface area contributed by atoms with Gasteiger partial charge in [-0.2, -0.15) is 10.2 Å². The van der Waals surface area contributed by atoms with Crippen molar-refractivity contribution in [3.8, 4) is 17.2 Å². The van der Waals surface area contributed by atoms with Crippen molar-refractivity contribution in [2.24, 2.45) is 13.0 Å². The molecular formula is C50H50F2N10O5. The lowest BCUT2D eigenvalue weighted by molar-refractivity contribution is -0.0592. The van der Waals surface area contributed by atoms with Crippen molar-refractivity contribution < 1.29 is 22.8 Å². The molecule has 8 aromatic rings. The minimum atomic E-state index is -0.839. The van der Waals surface area contributed by atoms with Gasteiger partial charge in [-0.25, -0.2) is 23.1 Å². The molecule has 4 aliphatic rings. The highest BCUT2D eigenvalue weighted by atomic mass is 19.1. The predicted molar refractivity (Wildman–Crippen MR) is 244 cm³/mol. The van der Waals surface area contributed by atoms with Crippen molar-refractivity contribution in [1.82, 2.24) is 48.3 Å². The number of fused-ring (bicyclic) bond motifs is 6. The van der Waals surface area contributed by atoms with E-state index in [4.69, 9.17) is 14.4 Å². The molecule has 17 heteroatoms. The van der Waals surface area contributed by atoms with E-state index in [2.05, 4.69) is 58.8 Å². The van der Waals surface area contributed by atoms with Gasteiger partial charge in [0, 0.05) is 55.0 Å². The van der Waals surface area contributed by atoms with E-state index in [1.54, 1.807) is 60.7 Å². The van der Waals surface area contributed by atoms with E-state index < -0.39 is 28.8 Å². The Morgan fingerprint density at radius 2 is 1.72 bits per heavy atom. The molecule has 2 saturated heterocycles. The zero-order valence-electron chi connectivity index (χ0n) is 38.1. The number of ether oxygens (including phenoxy) is 1. The van der Waals surface area contributed by atoms with E-state index in [1.165, 1.54) is 27.1 Å². The number of rotatable bonds is 8. The van der Waals surface area contributed by atoms with Crippen LogP contribution in [0.25, 0.3) is 39.0 Å². The third-order valence-electron chi connectivity index (χ3n) is 15.3. The quantitative estimate of drug-likeness (QED) is 0.161. The summed E-state index contributed by atoms with van der Waals surface area (Å²) in [7, 11) is 1.73. The minimum Gasteiger partial charge on any atom is -0.376 e. The third-order valence-corrected chi connectivity index (χ3v) is 15.3. The van der Waals surface area contributed by atoms with Crippen LogP contribution in [0.5, 0.6) is 0 Å². The normalized spacial score (nSPS) is 23.1. The van der Waals surface area contributed by atoms with Crippen LogP contribution < -0.4 is 11.4 Å². The van der Waals surface area contributed by atoms with Crippen LogP contribution in [0.3, 0.4) is 0 Å². The van der Waals surface area contributed by atoms with E-state index in [1.807, 2.05) is 11.0 Å². The fraction of sp³-hybridized carbons (Fsp3) is 0.400. The first-order valence-corrected chi connectivity index (χ1v) is 23.2. The fourth-order valence-corrected chi connectivity index (χ4v) is 12.0. The topological polar surface area (TPSA) is 156 Å². The molecule has 3 fully saturated rings. The average molecular weight is 909 g/mol. The van der Waals surface area contributed by atoms with Crippen molar-refractivity contribution in [3.05, 3.63) is 139 Å². The Morgan fingerprint density at radius 1 is 0.940 bits per heavy atom. The number of halogens is 2. The van der Waals surface area contributed by atoms with Crippen molar-refractivity contribution >= 4 is 27.7 Å². The first kappa shape index (κ1) is 41.5. The summed E-state index contributed by atoms with van der Waals surface area (Å²) in [5.74, 6) is -0.678. The molecule has 1 N–H and O–H groups in total. The number of benzene rings is 3. The SMILES string of the molecule is CC[C@H]1C[C@]1(c1noc(=O)[nH]1)n1c(C(=O)N2[C@@H]3CC[C@H]2c2c(nn(-c4cc(C)c(F)c(C)c4)c2-n2ccn(-c4ccc5c(cnn5C)c4F)c2=O)C3)cc2cc([C@H]3CCOC(C)(C)C3)ccc21. The molecular weight excluding hydrogens is 859 g/mol. The van der Waals surface area contributed by atoms with E-state index >= 15 is 13.6 Å². The van der Waals surface area contributed by atoms with Crippen LogP contribution in [0.2, 0.25) is 0 Å². The summed E-state index contributed by atoms with van der Waals surface area (Å²) in [5, 5.41) is 14.8. The second-order valence-electron chi connectivity index (χ2n) is 19.7. The highest BCUT2D eigenvalue weighted by Gasteiger charge is 2.61. The summed E-state index contributed by atoms with van der Waals surface area (Å²) < 4.78 is 50.7. The molecule has 12 rings (SSSR count). The predicted octanol–water partition coefficient (Wildman–Crippen LogP) is 7.97. The Kier molecular flexibility index (Phi) is 9.03. The smallest absolute Gasteiger partial charge is 0.376 e. The van der Waals surface area contributed by atoms with Gasteiger partial charge in [-0.1, -0.05) is 24.6 Å². The summed E-state index contributed by atoms with van der Waals surface area (Å²) in [5.41, 5.74) is 4.27. The Labute approximate surface area is 382 Å². The minimum absolute atomic E-state index is 0.0553. The highest BCUT2D eigenvalue weighted by molar-refractivity contribution is 6.00. The molecule has 15 nitrogen and oxygen atoms in total. The number of imidazole rings is 1. The number of hydrogen-bond acceptors (Lipinski definition) is 8. The Morgan fingerprint density at radius 3 is 2.45 bits per heavy atom. The summed E-state index contributed by atoms with van der Waals surface area (Å²) in [6.45, 7) is 10.4. The van der Waals surface area contributed by atoms with Crippen LogP contribution >= 0.6 is 0 Å². The number of aryl methyl sites for hydroxylation is 3. The zero-order valence-corrected chi connectivity index (χ0v) is 38.1. The lowest BCUT2D eigenvalue weighted by Crippen LogP contribution is -2.43. The van der Waals surface area contributed by atoms with Gasteiger partial charge in [0.05, 0.1) is 45.8 Å². The number of nitrogens with one attached hydrogen (secondary N) is 1. The van der Waals surface area contributed by atoms with Crippen LogP contribution in [-0.4, -0.2) is 72.5 Å². The molecule has 3 aromatic carbocycles. The number of hydrogen-bond donors (Lipinski definition) is 1. The van der Waals surface area contributed by atoms with Gasteiger partial charge in [0.25, 0.3) is 5.91 Å². The Balaban J connectivity index is 1.02. The molecule has 0 unspecified atom stereocenters. The summed E-state index contributed by atoms with van der Waals surface area (Å²) in [6, 6.07) is 14.4. The summed E-state index contributed by atoms with van der Waals surface area (Å²) >= 11 is 0. The largest absolute Gasteiger partial charge is 0.438 e. The van der Waals surface area contributed by atoms with Gasteiger partial charge in [-0.3, -0.25) is 28.1 Å². The summed E-state index contributed by atoms with van der Waals surface area (Å²) in [4.78, 5) is 48.1. The maximum absolute atomic E-state index is 16.2. The van der Waals surface area contributed by atoms with Gasteiger partial charge in [0.1, 0.15) is 22.9 Å². The number of H-pyrrole nitrogens is 1. The maximum Gasteiger partial charge on any atom is 0.438 e. The monoisotopic (exact) mass is 908 g/mol. The first-order chi connectivity index (χ1) is 32.2. The summed E-state index contributed by atoms with van der Waals surface area (Å²) in [6.07, 6.45) is 9.41. The molecule has 0 radical (unpaired) electrons. The standard InChI is InChI=1S/C50H50F2N10O5/c1-7-31-24-50(31,46-54-47(64)67-56-46)61-36-10-8-28(29-14-17-66-49(4,5)23-29)20-30(36)21-40(61)45(63)60-32-9-11-38(60)41-35(22-32)55-62(33-18-26(2)42(51)27(3)19-33)44(41)59-16-15-58(48(59)65)39-13-12-37-34(43(39)52)25-53-57(37)6/h8,10,12-13,15-16,18-21,25,29,31-32,38H,7,9,11,14,17,22-24H2,1-6H3,(H,54,56,64)/t29-,31-,32+,38-,50-/m0/s1. The van der Waals surface area contributed by atoms with Crippen molar-refractivity contribution in [2.75, 3.05) is 6.61 Å². The second-order valence-corrected chi connectivity index (χ2v) is 19.7.